The second kappa shape index (κ2) is 5.98. The SMILES string of the molecule is CC1Oc2ccc(S(=O)(=O)NCc3cccnc3)cc2NC1=O. The topological polar surface area (TPSA) is 97.4 Å². The molecule has 0 radical (unpaired) electrons. The molecule has 1 aromatic heterocycles. The second-order valence-electron chi connectivity index (χ2n) is 5.09. The van der Waals surface area contributed by atoms with Crippen LogP contribution < -0.4 is 14.8 Å². The standard InChI is InChI=1S/C15H15N3O4S/c1-10-15(19)18-13-7-12(4-5-14(13)22-10)23(20,21)17-9-11-3-2-6-16-8-11/h2-8,10,17H,9H2,1H3,(H,18,19). The van der Waals surface area contributed by atoms with Gasteiger partial charge in [0.2, 0.25) is 10.0 Å². The van der Waals surface area contributed by atoms with E-state index in [-0.39, 0.29) is 17.3 Å². The highest BCUT2D eigenvalue weighted by Crippen LogP contribution is 2.31. The summed E-state index contributed by atoms with van der Waals surface area (Å²) < 4.78 is 32.6. The number of amides is 1. The third kappa shape index (κ3) is 3.33. The molecule has 0 aliphatic carbocycles. The molecule has 3 rings (SSSR count). The summed E-state index contributed by atoms with van der Waals surface area (Å²) in [5.74, 6) is 0.138. The van der Waals surface area contributed by atoms with Crippen LogP contribution in [0.1, 0.15) is 12.5 Å². The molecule has 1 unspecified atom stereocenters. The number of nitrogens with zero attached hydrogens (tertiary/aromatic N) is 1. The molecular formula is C15H15N3O4S. The molecule has 23 heavy (non-hydrogen) atoms. The van der Waals surface area contributed by atoms with E-state index in [1.807, 2.05) is 0 Å². The van der Waals surface area contributed by atoms with Crippen LogP contribution in [0.15, 0.2) is 47.6 Å². The van der Waals surface area contributed by atoms with Crippen molar-refractivity contribution in [2.45, 2.75) is 24.5 Å². The number of ether oxygens (including phenoxy) is 1. The smallest absolute Gasteiger partial charge is 0.265 e. The summed E-state index contributed by atoms with van der Waals surface area (Å²) in [4.78, 5) is 15.6. The maximum absolute atomic E-state index is 12.4. The quantitative estimate of drug-likeness (QED) is 0.878. The summed E-state index contributed by atoms with van der Waals surface area (Å²) in [7, 11) is -3.71. The maximum atomic E-state index is 12.4. The van der Waals surface area contributed by atoms with Gasteiger partial charge in [0, 0.05) is 18.9 Å². The molecule has 8 heteroatoms. The number of benzene rings is 1. The zero-order chi connectivity index (χ0) is 16.4. The van der Waals surface area contributed by atoms with Gasteiger partial charge < -0.3 is 10.1 Å². The van der Waals surface area contributed by atoms with Crippen LogP contribution in [0.5, 0.6) is 5.75 Å². The summed E-state index contributed by atoms with van der Waals surface area (Å²) in [6, 6.07) is 7.86. The monoisotopic (exact) mass is 333 g/mol. The highest BCUT2D eigenvalue weighted by atomic mass is 32.2. The number of pyridine rings is 1. The number of fused-ring (bicyclic) bond motifs is 1. The van der Waals surface area contributed by atoms with Gasteiger partial charge in [-0.15, -0.1) is 0 Å². The number of carbonyl (C=O) groups excluding carboxylic acids is 1. The molecular weight excluding hydrogens is 318 g/mol. The molecule has 7 nitrogen and oxygen atoms in total. The average molecular weight is 333 g/mol. The Kier molecular flexibility index (Phi) is 4.01. The van der Waals surface area contributed by atoms with Crippen LogP contribution in [0.3, 0.4) is 0 Å². The number of sulfonamides is 1. The molecule has 2 aromatic rings. The van der Waals surface area contributed by atoms with E-state index in [4.69, 9.17) is 4.74 Å². The normalized spacial score (nSPS) is 17.1. The highest BCUT2D eigenvalue weighted by Gasteiger charge is 2.25. The van der Waals surface area contributed by atoms with Crippen molar-refractivity contribution in [2.75, 3.05) is 5.32 Å². The Labute approximate surface area is 133 Å². The number of nitrogens with one attached hydrogen (secondary N) is 2. The predicted octanol–water partition coefficient (Wildman–Crippen LogP) is 1.28. The van der Waals surface area contributed by atoms with Gasteiger partial charge in [0.1, 0.15) is 5.75 Å². The van der Waals surface area contributed by atoms with Crippen LogP contribution in [0.4, 0.5) is 5.69 Å². The summed E-state index contributed by atoms with van der Waals surface area (Å²) in [6.45, 7) is 1.76. The van der Waals surface area contributed by atoms with Crippen molar-refractivity contribution in [2.24, 2.45) is 0 Å². The molecule has 0 saturated carbocycles. The number of hydrogen-bond acceptors (Lipinski definition) is 5. The minimum Gasteiger partial charge on any atom is -0.479 e. The first-order valence-electron chi connectivity index (χ1n) is 6.96. The lowest BCUT2D eigenvalue weighted by molar-refractivity contribution is -0.122. The average Bonchev–Trinajstić information content (AvgIpc) is 2.55. The van der Waals surface area contributed by atoms with E-state index in [1.165, 1.54) is 18.2 Å². The van der Waals surface area contributed by atoms with Gasteiger partial charge in [0.05, 0.1) is 10.6 Å². The lowest BCUT2D eigenvalue weighted by Crippen LogP contribution is -2.34. The first-order valence-corrected chi connectivity index (χ1v) is 8.44. The zero-order valence-electron chi connectivity index (χ0n) is 12.3. The van der Waals surface area contributed by atoms with Crippen LogP contribution in [0, 0.1) is 0 Å². The fourth-order valence-electron chi connectivity index (χ4n) is 2.12. The third-order valence-electron chi connectivity index (χ3n) is 3.38. The molecule has 2 heterocycles. The van der Waals surface area contributed by atoms with Gasteiger partial charge in [-0.2, -0.15) is 0 Å². The van der Waals surface area contributed by atoms with Crippen LogP contribution in [-0.2, 0) is 21.4 Å². The zero-order valence-corrected chi connectivity index (χ0v) is 13.1. The van der Waals surface area contributed by atoms with E-state index in [1.54, 1.807) is 31.5 Å². The molecule has 1 aliphatic heterocycles. The maximum Gasteiger partial charge on any atom is 0.265 e. The van der Waals surface area contributed by atoms with Crippen molar-refractivity contribution in [3.05, 3.63) is 48.3 Å². The van der Waals surface area contributed by atoms with Crippen LogP contribution >= 0.6 is 0 Å². The minimum absolute atomic E-state index is 0.0543. The van der Waals surface area contributed by atoms with Crippen molar-refractivity contribution in [3.63, 3.8) is 0 Å². The van der Waals surface area contributed by atoms with E-state index >= 15 is 0 Å². The lowest BCUT2D eigenvalue weighted by Gasteiger charge is -2.23. The number of anilines is 1. The molecule has 0 bridgehead atoms. The molecule has 1 atom stereocenters. The predicted molar refractivity (Wildman–Crippen MR) is 83.4 cm³/mol. The molecule has 120 valence electrons. The van der Waals surface area contributed by atoms with Crippen LogP contribution in [0.2, 0.25) is 0 Å². The van der Waals surface area contributed by atoms with Crippen molar-refractivity contribution in [1.82, 2.24) is 9.71 Å². The molecule has 0 spiro atoms. The molecule has 1 aliphatic rings. The number of hydrogen-bond donors (Lipinski definition) is 2. The van der Waals surface area contributed by atoms with Crippen LogP contribution in [-0.4, -0.2) is 25.4 Å². The van der Waals surface area contributed by atoms with Gasteiger partial charge in [-0.3, -0.25) is 9.78 Å². The van der Waals surface area contributed by atoms with Gasteiger partial charge >= 0.3 is 0 Å². The van der Waals surface area contributed by atoms with Gasteiger partial charge in [-0.05, 0) is 36.8 Å². The van der Waals surface area contributed by atoms with Crippen molar-refractivity contribution < 1.29 is 17.9 Å². The molecule has 1 amide bonds. The Bertz CT molecular complexity index is 837. The second-order valence-corrected chi connectivity index (χ2v) is 6.86. The Balaban J connectivity index is 1.81. The summed E-state index contributed by atoms with van der Waals surface area (Å²) in [5.41, 5.74) is 1.09. The summed E-state index contributed by atoms with van der Waals surface area (Å²) in [5, 5.41) is 2.63. The van der Waals surface area contributed by atoms with Crippen molar-refractivity contribution in [1.29, 1.82) is 0 Å². The number of rotatable bonds is 4. The van der Waals surface area contributed by atoms with Gasteiger partial charge in [-0.25, -0.2) is 13.1 Å². The van der Waals surface area contributed by atoms with Gasteiger partial charge in [0.15, 0.2) is 6.10 Å². The Morgan fingerprint density at radius 2 is 2.17 bits per heavy atom. The first-order chi connectivity index (χ1) is 11.0. The fraction of sp³-hybridized carbons (Fsp3) is 0.200. The Morgan fingerprint density at radius 1 is 1.35 bits per heavy atom. The lowest BCUT2D eigenvalue weighted by atomic mass is 10.2. The minimum atomic E-state index is -3.71. The number of carbonyl (C=O) groups is 1. The Hall–Kier alpha value is -2.45. The van der Waals surface area contributed by atoms with Gasteiger partial charge in [-0.1, -0.05) is 6.07 Å². The van der Waals surface area contributed by atoms with Gasteiger partial charge in [0.25, 0.3) is 5.91 Å². The van der Waals surface area contributed by atoms with Crippen LogP contribution in [0.25, 0.3) is 0 Å². The summed E-state index contributed by atoms with van der Waals surface area (Å²) in [6.07, 6.45) is 2.60. The summed E-state index contributed by atoms with van der Waals surface area (Å²) >= 11 is 0. The van der Waals surface area contributed by atoms with E-state index < -0.39 is 16.1 Å². The van der Waals surface area contributed by atoms with E-state index in [2.05, 4.69) is 15.0 Å². The fourth-order valence-corrected chi connectivity index (χ4v) is 3.16. The first kappa shape index (κ1) is 15.4. The van der Waals surface area contributed by atoms with Crippen molar-refractivity contribution in [3.8, 4) is 5.75 Å². The Morgan fingerprint density at radius 3 is 2.91 bits per heavy atom. The van der Waals surface area contributed by atoms with E-state index in [0.717, 1.165) is 5.56 Å². The number of aromatic nitrogens is 1. The largest absolute Gasteiger partial charge is 0.479 e. The molecule has 0 saturated heterocycles. The molecule has 2 N–H and O–H groups in total. The van der Waals surface area contributed by atoms with E-state index in [9.17, 15) is 13.2 Å². The van der Waals surface area contributed by atoms with E-state index in [0.29, 0.717) is 11.4 Å². The third-order valence-corrected chi connectivity index (χ3v) is 4.78. The molecule has 0 fully saturated rings. The molecule has 1 aromatic carbocycles. The highest BCUT2D eigenvalue weighted by molar-refractivity contribution is 7.89. The van der Waals surface area contributed by atoms with Crippen molar-refractivity contribution >= 4 is 21.6 Å².